The lowest BCUT2D eigenvalue weighted by atomic mass is 9.99. The van der Waals surface area contributed by atoms with Crippen LogP contribution in [0.2, 0.25) is 0 Å². The summed E-state index contributed by atoms with van der Waals surface area (Å²) in [5, 5.41) is 55.4. The molecule has 0 saturated carbocycles. The predicted molar refractivity (Wildman–Crippen MR) is 274 cm³/mol. The largest absolute Gasteiger partial charge is 0.397 e. The summed E-state index contributed by atoms with van der Waals surface area (Å²) in [7, 11) is -5.13. The Bertz CT molecular complexity index is 1360. The number of amides is 1. The molecule has 68 heavy (non-hydrogen) atoms. The van der Waals surface area contributed by atoms with Crippen LogP contribution in [0.25, 0.3) is 0 Å². The molecule has 400 valence electrons. The van der Waals surface area contributed by atoms with Crippen LogP contribution in [0.5, 0.6) is 0 Å². The molecule has 1 amide bonds. The summed E-state index contributed by atoms with van der Waals surface area (Å²) in [6.45, 7) is 3.23. The molecule has 14 heteroatoms. The molecule has 8 atom stereocenters. The zero-order valence-corrected chi connectivity index (χ0v) is 43.6. The minimum atomic E-state index is -5.13. The van der Waals surface area contributed by atoms with Gasteiger partial charge < -0.3 is 40.3 Å². The molecule has 0 aromatic heterocycles. The van der Waals surface area contributed by atoms with E-state index in [1.807, 2.05) is 0 Å². The van der Waals surface area contributed by atoms with Gasteiger partial charge in [0.2, 0.25) is 5.91 Å². The first-order valence-corrected chi connectivity index (χ1v) is 28.8. The molecule has 0 aromatic carbocycles. The van der Waals surface area contributed by atoms with Gasteiger partial charge >= 0.3 is 10.4 Å². The number of nitrogens with one attached hydrogen (secondary N) is 1. The minimum Gasteiger partial charge on any atom is -0.394 e. The lowest BCUT2D eigenvalue weighted by Gasteiger charge is -2.41. The highest BCUT2D eigenvalue weighted by Gasteiger charge is 2.48. The summed E-state index contributed by atoms with van der Waals surface area (Å²) in [5.74, 6) is -0.715. The van der Waals surface area contributed by atoms with Crippen LogP contribution in [0, 0.1) is 0 Å². The molecular weight excluding hydrogens is 887 g/mol. The van der Waals surface area contributed by atoms with Crippen molar-refractivity contribution in [3.05, 3.63) is 36.5 Å². The SMILES string of the molecule is CCCCCCCCCCCCC/C=C/CC/C=C/C(O)C(COC1OC(CO)C(O)C(OS(=O)(=O)O)C1O)NC(=O)C(O)CCCCCCCC/C=C\CCCCCCCCCCCCCC. The van der Waals surface area contributed by atoms with Gasteiger partial charge in [0.25, 0.3) is 0 Å². The molecule has 13 nitrogen and oxygen atoms in total. The van der Waals surface area contributed by atoms with Gasteiger partial charge in [-0.15, -0.1) is 0 Å². The number of allylic oxidation sites excluding steroid dienone is 5. The zero-order chi connectivity index (χ0) is 49.9. The highest BCUT2D eigenvalue weighted by atomic mass is 32.3. The maximum Gasteiger partial charge on any atom is 0.397 e. The number of aliphatic hydroxyl groups is 5. The van der Waals surface area contributed by atoms with E-state index in [1.165, 1.54) is 147 Å². The Balaban J connectivity index is 2.48. The molecule has 0 radical (unpaired) electrons. The fraction of sp³-hybridized carbons (Fsp3) is 0.870. The van der Waals surface area contributed by atoms with Crippen LogP contribution in [0.15, 0.2) is 36.5 Å². The number of hydrogen-bond donors (Lipinski definition) is 7. The van der Waals surface area contributed by atoms with Crippen molar-refractivity contribution in [2.45, 2.75) is 288 Å². The van der Waals surface area contributed by atoms with Crippen molar-refractivity contribution >= 4 is 16.3 Å². The molecule has 1 heterocycles. The summed E-state index contributed by atoms with van der Waals surface area (Å²) in [5.41, 5.74) is 0. The van der Waals surface area contributed by atoms with E-state index in [0.29, 0.717) is 12.8 Å². The van der Waals surface area contributed by atoms with E-state index in [2.05, 4.69) is 47.7 Å². The fourth-order valence-corrected chi connectivity index (χ4v) is 9.16. The Morgan fingerprint density at radius 1 is 0.588 bits per heavy atom. The van der Waals surface area contributed by atoms with Crippen molar-refractivity contribution in [3.63, 3.8) is 0 Å². The van der Waals surface area contributed by atoms with Crippen molar-refractivity contribution in [2.24, 2.45) is 0 Å². The van der Waals surface area contributed by atoms with Gasteiger partial charge in [-0.25, -0.2) is 4.18 Å². The molecule has 1 saturated heterocycles. The average Bonchev–Trinajstić information content (AvgIpc) is 3.31. The van der Waals surface area contributed by atoms with Crippen molar-refractivity contribution < 1.29 is 57.0 Å². The Morgan fingerprint density at radius 3 is 1.41 bits per heavy atom. The number of ether oxygens (including phenoxy) is 2. The summed E-state index contributed by atoms with van der Waals surface area (Å²) < 4.78 is 47.7. The highest BCUT2D eigenvalue weighted by molar-refractivity contribution is 7.80. The van der Waals surface area contributed by atoms with E-state index < -0.39 is 78.5 Å². The Morgan fingerprint density at radius 2 is 0.985 bits per heavy atom. The Hall–Kier alpha value is -1.72. The molecule has 1 aliphatic heterocycles. The van der Waals surface area contributed by atoms with E-state index >= 15 is 0 Å². The summed E-state index contributed by atoms with van der Waals surface area (Å²) >= 11 is 0. The van der Waals surface area contributed by atoms with E-state index in [4.69, 9.17) is 9.47 Å². The fourth-order valence-electron chi connectivity index (χ4n) is 8.65. The average molecular weight is 988 g/mol. The van der Waals surface area contributed by atoms with Crippen LogP contribution < -0.4 is 5.32 Å². The first kappa shape index (κ1) is 64.3. The first-order valence-electron chi connectivity index (χ1n) is 27.5. The number of hydrogen-bond acceptors (Lipinski definition) is 11. The molecule has 0 spiro atoms. The molecule has 0 aromatic rings. The monoisotopic (exact) mass is 988 g/mol. The molecule has 7 N–H and O–H groups in total. The topological polar surface area (TPSA) is 212 Å². The summed E-state index contributed by atoms with van der Waals surface area (Å²) in [6, 6.07) is -1.14. The van der Waals surface area contributed by atoms with E-state index in [9.17, 15) is 43.3 Å². The number of rotatable bonds is 47. The van der Waals surface area contributed by atoms with Crippen LogP contribution in [0.3, 0.4) is 0 Å². The standard InChI is InChI=1S/C54H101NO12S/c1-3-5-7-9-11-13-15-17-19-21-22-23-24-25-27-29-31-33-35-37-39-41-43-48(58)53(61)55-46(45-65-54-51(60)52(67-68(62,63)64)50(59)49(44-56)66-54)47(57)42-40-38-36-34-32-30-28-26-20-18-16-14-12-10-8-6-4-2/h25,27,32,34,40,42,46-52,54,56-60H,3-24,26,28-31,33,35-39,41,43-45H2,1-2H3,(H,55,61)(H,62,63,64)/b27-25-,34-32+,42-40+. The second kappa shape index (κ2) is 44.0. The van der Waals surface area contributed by atoms with E-state index in [-0.39, 0.29) is 6.42 Å². The van der Waals surface area contributed by atoms with Crippen molar-refractivity contribution in [3.8, 4) is 0 Å². The number of carbonyl (C=O) groups excluding carboxylic acids is 1. The smallest absolute Gasteiger partial charge is 0.394 e. The maximum atomic E-state index is 13.2. The van der Waals surface area contributed by atoms with Crippen molar-refractivity contribution in [2.75, 3.05) is 13.2 Å². The van der Waals surface area contributed by atoms with Gasteiger partial charge in [0.1, 0.15) is 30.5 Å². The minimum absolute atomic E-state index is 0.230. The Labute approximate surface area is 414 Å². The highest BCUT2D eigenvalue weighted by Crippen LogP contribution is 2.26. The van der Waals surface area contributed by atoms with Gasteiger partial charge in [-0.2, -0.15) is 8.42 Å². The number of aliphatic hydroxyl groups excluding tert-OH is 5. The van der Waals surface area contributed by atoms with Gasteiger partial charge in [0.05, 0.1) is 25.4 Å². The van der Waals surface area contributed by atoms with Crippen LogP contribution >= 0.6 is 0 Å². The molecule has 1 aliphatic rings. The van der Waals surface area contributed by atoms with Crippen LogP contribution in [-0.4, -0.2) is 107 Å². The van der Waals surface area contributed by atoms with Gasteiger partial charge in [-0.05, 0) is 57.8 Å². The molecule has 0 bridgehead atoms. The third-order valence-electron chi connectivity index (χ3n) is 13.0. The Kier molecular flexibility index (Phi) is 41.6. The van der Waals surface area contributed by atoms with Gasteiger partial charge in [-0.3, -0.25) is 9.35 Å². The van der Waals surface area contributed by atoms with Crippen LogP contribution in [-0.2, 0) is 28.9 Å². The molecule has 1 fully saturated rings. The number of unbranched alkanes of at least 4 members (excludes halogenated alkanes) is 30. The van der Waals surface area contributed by atoms with Crippen molar-refractivity contribution in [1.29, 1.82) is 0 Å². The van der Waals surface area contributed by atoms with Crippen LogP contribution in [0.4, 0.5) is 0 Å². The summed E-state index contributed by atoms with van der Waals surface area (Å²) in [4.78, 5) is 13.2. The maximum absolute atomic E-state index is 13.2. The van der Waals surface area contributed by atoms with Gasteiger partial charge in [0, 0.05) is 0 Å². The lowest BCUT2D eigenvalue weighted by molar-refractivity contribution is -0.298. The van der Waals surface area contributed by atoms with E-state index in [1.54, 1.807) is 6.08 Å². The number of carbonyl (C=O) groups is 1. The molecule has 0 aliphatic carbocycles. The predicted octanol–water partition coefficient (Wildman–Crippen LogP) is 11.2. The molecular formula is C54H101NO12S. The molecule has 8 unspecified atom stereocenters. The quantitative estimate of drug-likeness (QED) is 0.0172. The third-order valence-corrected chi connectivity index (χ3v) is 13.5. The van der Waals surface area contributed by atoms with Crippen LogP contribution in [0.1, 0.15) is 239 Å². The van der Waals surface area contributed by atoms with Gasteiger partial charge in [-0.1, -0.05) is 217 Å². The van der Waals surface area contributed by atoms with Crippen molar-refractivity contribution in [1.82, 2.24) is 5.32 Å². The normalized spacial score (nSPS) is 20.5. The summed E-state index contributed by atoms with van der Waals surface area (Å²) in [6.07, 6.45) is 42.2. The van der Waals surface area contributed by atoms with Gasteiger partial charge in [0.15, 0.2) is 6.29 Å². The lowest BCUT2D eigenvalue weighted by Crippen LogP contribution is -2.61. The zero-order valence-electron chi connectivity index (χ0n) is 42.8. The van der Waals surface area contributed by atoms with E-state index in [0.717, 1.165) is 64.2 Å². The first-order chi connectivity index (χ1) is 32.9. The molecule has 1 rings (SSSR count). The third kappa shape index (κ3) is 35.4. The second-order valence-electron chi connectivity index (χ2n) is 19.3. The second-order valence-corrected chi connectivity index (χ2v) is 20.3.